The molecular weight excluding hydrogens is 360 g/mol. The van der Waals surface area contributed by atoms with E-state index in [-0.39, 0.29) is 27.9 Å². The van der Waals surface area contributed by atoms with Crippen molar-refractivity contribution in [3.63, 3.8) is 0 Å². The highest BCUT2D eigenvalue weighted by Gasteiger charge is 2.36. The van der Waals surface area contributed by atoms with Crippen molar-refractivity contribution in [2.24, 2.45) is 0 Å². The molecule has 7 nitrogen and oxygen atoms in total. The van der Waals surface area contributed by atoms with Gasteiger partial charge in [0.1, 0.15) is 11.3 Å². The molecule has 7 heteroatoms. The maximum absolute atomic E-state index is 13.2. The van der Waals surface area contributed by atoms with Crippen LogP contribution in [0.1, 0.15) is 31.8 Å². The van der Waals surface area contributed by atoms with Crippen LogP contribution in [-0.4, -0.2) is 23.6 Å². The summed E-state index contributed by atoms with van der Waals surface area (Å²) >= 11 is 0. The van der Waals surface area contributed by atoms with E-state index in [2.05, 4.69) is 5.32 Å². The molecule has 0 saturated heterocycles. The summed E-state index contributed by atoms with van der Waals surface area (Å²) in [7, 11) is 1.56. The highest BCUT2D eigenvalue weighted by Crippen LogP contribution is 2.37. The molecule has 0 bridgehead atoms. The van der Waals surface area contributed by atoms with E-state index in [9.17, 15) is 19.7 Å². The number of nitro benzene ring substituents is 1. The predicted octanol–water partition coefficient (Wildman–Crippen LogP) is 4.12. The lowest BCUT2D eigenvalue weighted by Crippen LogP contribution is -2.23. The molecule has 0 amide bonds. The van der Waals surface area contributed by atoms with Crippen LogP contribution in [0.2, 0.25) is 0 Å². The Morgan fingerprint density at radius 2 is 1.50 bits per heavy atom. The van der Waals surface area contributed by atoms with Gasteiger partial charge in [-0.1, -0.05) is 18.2 Å². The number of fused-ring (bicyclic) bond motifs is 2. The number of benzene rings is 3. The average Bonchev–Trinajstić information content (AvgIpc) is 2.72. The summed E-state index contributed by atoms with van der Waals surface area (Å²) < 4.78 is 5.13. The molecule has 0 saturated carbocycles. The van der Waals surface area contributed by atoms with Crippen LogP contribution in [-0.2, 0) is 0 Å². The number of ketones is 2. The Morgan fingerprint density at radius 1 is 0.857 bits per heavy atom. The Labute approximate surface area is 159 Å². The number of methoxy groups -OCH3 is 1. The van der Waals surface area contributed by atoms with Crippen molar-refractivity contribution >= 4 is 28.6 Å². The van der Waals surface area contributed by atoms with E-state index >= 15 is 0 Å². The smallest absolute Gasteiger partial charge is 0.281 e. The second-order valence-corrected chi connectivity index (χ2v) is 6.20. The number of hydrogen-bond acceptors (Lipinski definition) is 6. The molecule has 138 valence electrons. The summed E-state index contributed by atoms with van der Waals surface area (Å²) in [4.78, 5) is 36.8. The zero-order valence-electron chi connectivity index (χ0n) is 14.8. The third kappa shape index (κ3) is 2.69. The van der Waals surface area contributed by atoms with Gasteiger partial charge in [-0.3, -0.25) is 19.7 Å². The van der Waals surface area contributed by atoms with Crippen molar-refractivity contribution in [3.05, 3.63) is 93.0 Å². The van der Waals surface area contributed by atoms with E-state index < -0.39 is 16.5 Å². The maximum atomic E-state index is 13.2. The van der Waals surface area contributed by atoms with Crippen LogP contribution in [0.15, 0.2) is 60.7 Å². The molecule has 3 aromatic rings. The van der Waals surface area contributed by atoms with Gasteiger partial charge in [0.25, 0.3) is 5.69 Å². The molecule has 0 heterocycles. The molecule has 0 aliphatic heterocycles. The van der Waals surface area contributed by atoms with Crippen LogP contribution < -0.4 is 10.1 Å². The first-order chi connectivity index (χ1) is 13.5. The number of nitrogens with zero attached hydrogens (tertiary/aromatic N) is 1. The molecule has 4 rings (SSSR count). The largest absolute Gasteiger partial charge is 0.497 e. The van der Waals surface area contributed by atoms with E-state index in [1.807, 2.05) is 0 Å². The first-order valence-corrected chi connectivity index (χ1v) is 8.42. The number of carbonyl (C=O) groups excluding carboxylic acids is 2. The van der Waals surface area contributed by atoms with Crippen LogP contribution in [0.3, 0.4) is 0 Å². The van der Waals surface area contributed by atoms with Crippen molar-refractivity contribution in [1.82, 2.24) is 0 Å². The standard InChI is InChI=1S/C21H14N2O5/c1-28-13-10-8-12(9-11-13)22-16-6-2-4-14-18(16)21(25)19-15(20(14)24)5-3-7-17(19)23(26)27/h2-11,22H,1H3. The fraction of sp³-hybridized carbons (Fsp3) is 0.0476. The molecule has 1 aliphatic carbocycles. The van der Waals surface area contributed by atoms with Gasteiger partial charge in [-0.05, 0) is 36.4 Å². The maximum Gasteiger partial charge on any atom is 0.281 e. The first-order valence-electron chi connectivity index (χ1n) is 8.42. The van der Waals surface area contributed by atoms with Crippen molar-refractivity contribution in [2.75, 3.05) is 12.4 Å². The van der Waals surface area contributed by atoms with Gasteiger partial charge in [-0.2, -0.15) is 0 Å². The van der Waals surface area contributed by atoms with E-state index in [0.29, 0.717) is 17.1 Å². The van der Waals surface area contributed by atoms with Crippen molar-refractivity contribution in [1.29, 1.82) is 0 Å². The number of anilines is 2. The van der Waals surface area contributed by atoms with E-state index in [0.717, 1.165) is 0 Å². The molecule has 1 N–H and O–H groups in total. The number of hydrogen-bond donors (Lipinski definition) is 1. The SMILES string of the molecule is COc1ccc(Nc2cccc3c2C(=O)c2c(cccc2[N+](=O)[O-])C3=O)cc1. The molecule has 1 aliphatic rings. The van der Waals surface area contributed by atoms with Gasteiger partial charge < -0.3 is 10.1 Å². The van der Waals surface area contributed by atoms with E-state index in [1.54, 1.807) is 49.6 Å². The van der Waals surface area contributed by atoms with Crippen LogP contribution >= 0.6 is 0 Å². The van der Waals surface area contributed by atoms with Gasteiger partial charge in [0, 0.05) is 22.9 Å². The van der Waals surface area contributed by atoms with E-state index in [1.165, 1.54) is 18.2 Å². The van der Waals surface area contributed by atoms with Crippen LogP contribution in [0.25, 0.3) is 0 Å². The Hall–Kier alpha value is -4.00. The Bertz CT molecular complexity index is 1140. The summed E-state index contributed by atoms with van der Waals surface area (Å²) in [5.41, 5.74) is 0.942. The normalized spacial score (nSPS) is 12.2. The minimum Gasteiger partial charge on any atom is -0.497 e. The number of nitrogens with one attached hydrogen (secondary N) is 1. The number of ether oxygens (including phenoxy) is 1. The van der Waals surface area contributed by atoms with Crippen LogP contribution in [0.4, 0.5) is 17.1 Å². The lowest BCUT2D eigenvalue weighted by atomic mass is 9.82. The highest BCUT2D eigenvalue weighted by atomic mass is 16.6. The molecule has 28 heavy (non-hydrogen) atoms. The number of rotatable bonds is 4. The predicted molar refractivity (Wildman–Crippen MR) is 103 cm³/mol. The third-order valence-electron chi connectivity index (χ3n) is 4.62. The third-order valence-corrected chi connectivity index (χ3v) is 4.62. The molecule has 0 unspecified atom stereocenters. The second kappa shape index (κ2) is 6.62. The molecule has 3 aromatic carbocycles. The van der Waals surface area contributed by atoms with Crippen molar-refractivity contribution in [3.8, 4) is 5.75 Å². The summed E-state index contributed by atoms with van der Waals surface area (Å²) in [5.74, 6) is -0.281. The lowest BCUT2D eigenvalue weighted by Gasteiger charge is -2.20. The second-order valence-electron chi connectivity index (χ2n) is 6.20. The van der Waals surface area contributed by atoms with Crippen LogP contribution in [0, 0.1) is 10.1 Å². The summed E-state index contributed by atoms with van der Waals surface area (Å²) in [6, 6.07) is 16.0. The van der Waals surface area contributed by atoms with Gasteiger partial charge in [0.05, 0.1) is 23.3 Å². The number of carbonyl (C=O) groups is 2. The first kappa shape index (κ1) is 17.4. The lowest BCUT2D eigenvalue weighted by molar-refractivity contribution is -0.385. The minimum atomic E-state index is -0.644. The molecule has 0 fully saturated rings. The zero-order chi connectivity index (χ0) is 19.8. The monoisotopic (exact) mass is 374 g/mol. The van der Waals surface area contributed by atoms with Gasteiger partial charge in [0.2, 0.25) is 5.78 Å². The molecule has 0 spiro atoms. The fourth-order valence-corrected chi connectivity index (χ4v) is 3.31. The topological polar surface area (TPSA) is 98.5 Å². The molecule has 0 atom stereocenters. The number of nitro groups is 1. The van der Waals surface area contributed by atoms with Gasteiger partial charge in [-0.15, -0.1) is 0 Å². The Morgan fingerprint density at radius 3 is 2.14 bits per heavy atom. The fourth-order valence-electron chi connectivity index (χ4n) is 3.31. The minimum absolute atomic E-state index is 0.0493. The summed E-state index contributed by atoms with van der Waals surface area (Å²) in [6.45, 7) is 0. The van der Waals surface area contributed by atoms with E-state index in [4.69, 9.17) is 4.74 Å². The van der Waals surface area contributed by atoms with Gasteiger partial charge in [0.15, 0.2) is 5.78 Å². The van der Waals surface area contributed by atoms with Crippen molar-refractivity contribution < 1.29 is 19.2 Å². The van der Waals surface area contributed by atoms with Gasteiger partial charge in [-0.25, -0.2) is 0 Å². The molecular formula is C21H14N2O5. The highest BCUT2D eigenvalue weighted by molar-refractivity contribution is 6.31. The van der Waals surface area contributed by atoms with Gasteiger partial charge >= 0.3 is 0 Å². The van der Waals surface area contributed by atoms with Crippen molar-refractivity contribution in [2.45, 2.75) is 0 Å². The Balaban J connectivity index is 1.84. The quantitative estimate of drug-likeness (QED) is 0.426. The van der Waals surface area contributed by atoms with Crippen LogP contribution in [0.5, 0.6) is 5.75 Å². The molecule has 0 radical (unpaired) electrons. The summed E-state index contributed by atoms with van der Waals surface area (Å²) in [5, 5.41) is 14.5. The average molecular weight is 374 g/mol. The summed E-state index contributed by atoms with van der Waals surface area (Å²) in [6.07, 6.45) is 0. The molecule has 0 aromatic heterocycles. The zero-order valence-corrected chi connectivity index (χ0v) is 14.8. The Kier molecular flexibility index (Phi) is 4.12.